The van der Waals surface area contributed by atoms with Crippen LogP contribution >= 0.6 is 0 Å². The number of carbonyl (C=O) groups excluding carboxylic acids is 1. The third-order valence-corrected chi connectivity index (χ3v) is 5.00. The fourth-order valence-corrected chi connectivity index (χ4v) is 3.64. The molecule has 2 aromatic heterocycles. The molecular formula is C19H21N5O. The van der Waals surface area contributed by atoms with Gasteiger partial charge in [0, 0.05) is 23.5 Å². The van der Waals surface area contributed by atoms with Crippen LogP contribution in [0.25, 0.3) is 16.8 Å². The zero-order valence-corrected chi connectivity index (χ0v) is 14.2. The Morgan fingerprint density at radius 2 is 2.04 bits per heavy atom. The summed E-state index contributed by atoms with van der Waals surface area (Å²) in [5.41, 5.74) is 9.41. The van der Waals surface area contributed by atoms with Gasteiger partial charge in [0.25, 0.3) is 0 Å². The van der Waals surface area contributed by atoms with Crippen molar-refractivity contribution in [3.05, 3.63) is 48.0 Å². The van der Waals surface area contributed by atoms with Crippen LogP contribution in [0.3, 0.4) is 0 Å². The van der Waals surface area contributed by atoms with Crippen LogP contribution in [0.5, 0.6) is 0 Å². The lowest BCUT2D eigenvalue weighted by Crippen LogP contribution is -2.30. The van der Waals surface area contributed by atoms with Gasteiger partial charge in [0.1, 0.15) is 29.1 Å². The van der Waals surface area contributed by atoms with Gasteiger partial charge in [-0.05, 0) is 26.4 Å². The number of imidazole rings is 1. The molecule has 3 aromatic rings. The Morgan fingerprint density at radius 3 is 2.76 bits per heavy atom. The van der Waals surface area contributed by atoms with Gasteiger partial charge in [-0.25, -0.2) is 9.97 Å². The van der Waals surface area contributed by atoms with E-state index in [4.69, 9.17) is 10.7 Å². The minimum Gasteiger partial charge on any atom is -0.382 e. The van der Waals surface area contributed by atoms with Crippen molar-refractivity contribution in [1.29, 1.82) is 0 Å². The molecule has 128 valence electrons. The van der Waals surface area contributed by atoms with Gasteiger partial charge in [-0.15, -0.1) is 0 Å². The molecule has 1 aromatic carbocycles. The van der Waals surface area contributed by atoms with Gasteiger partial charge in [0.2, 0.25) is 0 Å². The van der Waals surface area contributed by atoms with E-state index < -0.39 is 0 Å². The summed E-state index contributed by atoms with van der Waals surface area (Å²) < 4.78 is 2.07. The molecule has 0 saturated carbocycles. The highest BCUT2D eigenvalue weighted by Crippen LogP contribution is 2.34. The number of nitrogen functional groups attached to an aromatic ring is 1. The highest BCUT2D eigenvalue weighted by molar-refractivity contribution is 5.86. The predicted octanol–water partition coefficient (Wildman–Crippen LogP) is 2.95. The number of hydrogen-bond donors (Lipinski definition) is 1. The second-order valence-electron chi connectivity index (χ2n) is 6.58. The summed E-state index contributed by atoms with van der Waals surface area (Å²) in [5, 5.41) is 0. The fraction of sp³-hybridized carbons (Fsp3) is 0.316. The third-order valence-electron chi connectivity index (χ3n) is 5.00. The summed E-state index contributed by atoms with van der Waals surface area (Å²) in [6.07, 6.45) is 8.00. The first-order valence-corrected chi connectivity index (χ1v) is 8.57. The molecule has 1 saturated heterocycles. The highest BCUT2D eigenvalue weighted by Gasteiger charge is 2.27. The van der Waals surface area contributed by atoms with Crippen molar-refractivity contribution in [1.82, 2.24) is 19.3 Å². The number of rotatable bonds is 3. The normalized spacial score (nSPS) is 18.5. The molecule has 2 N–H and O–H groups in total. The molecule has 3 heterocycles. The summed E-state index contributed by atoms with van der Waals surface area (Å²) in [5.74, 6) is 1.47. The van der Waals surface area contributed by atoms with Gasteiger partial charge in [0.15, 0.2) is 0 Å². The first kappa shape index (κ1) is 15.8. The molecule has 0 unspecified atom stereocenters. The number of hydrogen-bond acceptors (Lipinski definition) is 5. The van der Waals surface area contributed by atoms with Crippen molar-refractivity contribution in [3.63, 3.8) is 0 Å². The predicted molar refractivity (Wildman–Crippen MR) is 97.4 cm³/mol. The van der Waals surface area contributed by atoms with E-state index in [1.807, 2.05) is 18.3 Å². The van der Waals surface area contributed by atoms with E-state index in [0.717, 1.165) is 41.9 Å². The number of aldehydes is 1. The second-order valence-corrected chi connectivity index (χ2v) is 6.58. The van der Waals surface area contributed by atoms with Crippen molar-refractivity contribution >= 4 is 17.6 Å². The largest absolute Gasteiger partial charge is 0.382 e. The van der Waals surface area contributed by atoms with Crippen LogP contribution in [0.1, 0.15) is 41.5 Å². The van der Waals surface area contributed by atoms with Gasteiger partial charge in [-0.3, -0.25) is 14.1 Å². The van der Waals surface area contributed by atoms with Crippen molar-refractivity contribution in [2.24, 2.45) is 0 Å². The Morgan fingerprint density at radius 1 is 1.24 bits per heavy atom. The fourth-order valence-electron chi connectivity index (χ4n) is 3.64. The monoisotopic (exact) mass is 335 g/mol. The maximum absolute atomic E-state index is 10.9. The Bertz CT molecular complexity index is 915. The van der Waals surface area contributed by atoms with Gasteiger partial charge in [0.05, 0.1) is 6.04 Å². The molecule has 1 aliphatic rings. The first-order valence-electron chi connectivity index (χ1n) is 8.57. The van der Waals surface area contributed by atoms with Crippen LogP contribution in [-0.4, -0.2) is 39.1 Å². The van der Waals surface area contributed by atoms with E-state index >= 15 is 0 Å². The zero-order valence-electron chi connectivity index (χ0n) is 14.2. The molecule has 6 heteroatoms. The van der Waals surface area contributed by atoms with Crippen LogP contribution in [0.15, 0.2) is 36.7 Å². The number of nitrogens with two attached hydrogens (primary N) is 1. The van der Waals surface area contributed by atoms with Crippen LogP contribution in [0, 0.1) is 0 Å². The standard InChI is InChI=1S/C19H21N5O/c1-23-10-3-2-4-15(23)19-22-16(14-7-5-13(12-25)6-8-14)17-18(20)21-9-11-24(17)19/h5-9,11-12,15H,2-4,10H2,1H3,(H2,20,21)/t15-/m0/s1. The quantitative estimate of drug-likeness (QED) is 0.745. The van der Waals surface area contributed by atoms with Crippen molar-refractivity contribution in [3.8, 4) is 11.3 Å². The van der Waals surface area contributed by atoms with E-state index in [1.54, 1.807) is 18.3 Å². The lowest BCUT2D eigenvalue weighted by atomic mass is 10.0. The molecular weight excluding hydrogens is 314 g/mol. The van der Waals surface area contributed by atoms with Crippen molar-refractivity contribution < 1.29 is 4.79 Å². The Hall–Kier alpha value is -2.73. The Labute approximate surface area is 146 Å². The number of anilines is 1. The Balaban J connectivity index is 1.90. The molecule has 25 heavy (non-hydrogen) atoms. The number of carbonyl (C=O) groups is 1. The average Bonchev–Trinajstić information content (AvgIpc) is 3.03. The third kappa shape index (κ3) is 2.68. The molecule has 1 aliphatic heterocycles. The molecule has 1 atom stereocenters. The lowest BCUT2D eigenvalue weighted by molar-refractivity contribution is 0.112. The highest BCUT2D eigenvalue weighted by atomic mass is 16.1. The van der Waals surface area contributed by atoms with E-state index in [9.17, 15) is 4.79 Å². The molecule has 0 bridgehead atoms. The van der Waals surface area contributed by atoms with Crippen LogP contribution in [0.2, 0.25) is 0 Å². The lowest BCUT2D eigenvalue weighted by Gasteiger charge is -2.31. The number of benzene rings is 1. The molecule has 0 aliphatic carbocycles. The zero-order chi connectivity index (χ0) is 17.4. The summed E-state index contributed by atoms with van der Waals surface area (Å²) >= 11 is 0. The SMILES string of the molecule is CN1CCCC[C@H]1c1nc(-c2ccc(C=O)cc2)c2c(N)nccn12. The minimum atomic E-state index is 0.269. The number of aromatic nitrogens is 3. The minimum absolute atomic E-state index is 0.269. The van der Waals surface area contributed by atoms with Gasteiger partial charge >= 0.3 is 0 Å². The van der Waals surface area contributed by atoms with E-state index in [-0.39, 0.29) is 6.04 Å². The second kappa shape index (κ2) is 6.29. The van der Waals surface area contributed by atoms with Gasteiger partial charge < -0.3 is 5.73 Å². The number of likely N-dealkylation sites (tertiary alicyclic amines) is 1. The van der Waals surface area contributed by atoms with E-state index in [0.29, 0.717) is 11.4 Å². The summed E-state index contributed by atoms with van der Waals surface area (Å²) in [6.45, 7) is 1.07. The van der Waals surface area contributed by atoms with Crippen molar-refractivity contribution in [2.45, 2.75) is 25.3 Å². The topological polar surface area (TPSA) is 76.5 Å². The van der Waals surface area contributed by atoms with E-state index in [1.165, 1.54) is 12.8 Å². The molecule has 0 spiro atoms. The maximum Gasteiger partial charge on any atom is 0.150 e. The Kier molecular flexibility index (Phi) is 3.97. The van der Waals surface area contributed by atoms with Gasteiger partial charge in [-0.2, -0.15) is 0 Å². The molecule has 0 amide bonds. The summed E-state index contributed by atoms with van der Waals surface area (Å²) in [7, 11) is 2.15. The van der Waals surface area contributed by atoms with Crippen LogP contribution in [0.4, 0.5) is 5.82 Å². The van der Waals surface area contributed by atoms with E-state index in [2.05, 4.69) is 21.3 Å². The average molecular weight is 335 g/mol. The summed E-state index contributed by atoms with van der Waals surface area (Å²) in [6, 6.07) is 7.68. The smallest absolute Gasteiger partial charge is 0.150 e. The van der Waals surface area contributed by atoms with Crippen LogP contribution in [-0.2, 0) is 0 Å². The maximum atomic E-state index is 10.9. The number of piperidine rings is 1. The van der Waals surface area contributed by atoms with Gasteiger partial charge in [-0.1, -0.05) is 30.7 Å². The van der Waals surface area contributed by atoms with Crippen LogP contribution < -0.4 is 5.73 Å². The molecule has 0 radical (unpaired) electrons. The first-order chi connectivity index (χ1) is 12.2. The number of fused-ring (bicyclic) bond motifs is 1. The van der Waals surface area contributed by atoms with Crippen molar-refractivity contribution in [2.75, 3.05) is 19.3 Å². The number of nitrogens with zero attached hydrogens (tertiary/aromatic N) is 4. The molecule has 1 fully saturated rings. The molecule has 6 nitrogen and oxygen atoms in total. The molecule has 4 rings (SSSR count). The summed E-state index contributed by atoms with van der Waals surface area (Å²) in [4.78, 5) is 22.5.